The normalized spacial score (nSPS) is 10.1. The monoisotopic (exact) mass is 306 g/mol. The summed E-state index contributed by atoms with van der Waals surface area (Å²) < 4.78 is 5.66. The van der Waals surface area contributed by atoms with Crippen molar-refractivity contribution in [1.29, 1.82) is 0 Å². The number of hydrogen-bond donors (Lipinski definition) is 1. The molecular weight excluding hydrogens is 292 g/mol. The van der Waals surface area contributed by atoms with Gasteiger partial charge in [-0.15, -0.1) is 11.3 Å². The molecule has 0 aliphatic carbocycles. The molecule has 2 aromatic rings. The number of rotatable bonds is 5. The molecule has 2 rings (SSSR count). The lowest BCUT2D eigenvalue weighted by Gasteiger charge is -2.03. The maximum Gasteiger partial charge on any atom is 0.0814 e. The Morgan fingerprint density at radius 2 is 2.10 bits per heavy atom. The molecular formula is C16H15ClO2S. The Labute approximate surface area is 128 Å². The summed E-state index contributed by atoms with van der Waals surface area (Å²) in [6.07, 6.45) is 0.512. The Morgan fingerprint density at radius 3 is 2.90 bits per heavy atom. The number of ether oxygens (including phenoxy) is 1. The van der Waals surface area contributed by atoms with Crippen LogP contribution in [-0.2, 0) is 18.0 Å². The molecule has 2 nitrogen and oxygen atoms in total. The summed E-state index contributed by atoms with van der Waals surface area (Å²) in [5.41, 5.74) is 1.07. The van der Waals surface area contributed by atoms with E-state index in [-0.39, 0.29) is 6.61 Å². The van der Waals surface area contributed by atoms with Gasteiger partial charge in [0.05, 0.1) is 24.7 Å². The first-order valence-corrected chi connectivity index (χ1v) is 7.48. The second kappa shape index (κ2) is 8.08. The third kappa shape index (κ3) is 4.99. The summed E-state index contributed by atoms with van der Waals surface area (Å²) in [6, 6.07) is 11.7. The van der Waals surface area contributed by atoms with E-state index in [1.54, 1.807) is 11.3 Å². The van der Waals surface area contributed by atoms with Crippen LogP contribution in [-0.4, -0.2) is 11.7 Å². The van der Waals surface area contributed by atoms with E-state index < -0.39 is 0 Å². The van der Waals surface area contributed by atoms with Gasteiger partial charge in [0.1, 0.15) is 0 Å². The number of aliphatic hydroxyl groups is 1. The zero-order chi connectivity index (χ0) is 14.2. The molecule has 0 fully saturated rings. The Balaban J connectivity index is 1.81. The summed E-state index contributed by atoms with van der Waals surface area (Å²) in [7, 11) is 0. The van der Waals surface area contributed by atoms with Crippen LogP contribution in [0.4, 0.5) is 0 Å². The van der Waals surface area contributed by atoms with Crippen LogP contribution in [0, 0.1) is 11.8 Å². The van der Waals surface area contributed by atoms with Gasteiger partial charge in [0.25, 0.3) is 0 Å². The maximum atomic E-state index is 8.66. The van der Waals surface area contributed by atoms with Crippen LogP contribution in [0.2, 0.25) is 5.02 Å². The highest BCUT2D eigenvalue weighted by molar-refractivity contribution is 7.12. The molecule has 1 heterocycles. The lowest BCUT2D eigenvalue weighted by Crippen LogP contribution is -1.91. The van der Waals surface area contributed by atoms with Crippen LogP contribution >= 0.6 is 22.9 Å². The third-order valence-electron chi connectivity index (χ3n) is 2.51. The van der Waals surface area contributed by atoms with E-state index in [2.05, 4.69) is 11.8 Å². The zero-order valence-electron chi connectivity index (χ0n) is 10.9. The third-order valence-corrected chi connectivity index (χ3v) is 3.72. The minimum Gasteiger partial charge on any atom is -0.395 e. The molecule has 0 saturated carbocycles. The minimum atomic E-state index is 0.105. The van der Waals surface area contributed by atoms with Gasteiger partial charge in [-0.25, -0.2) is 0 Å². The smallest absolute Gasteiger partial charge is 0.0814 e. The van der Waals surface area contributed by atoms with Gasteiger partial charge in [0.15, 0.2) is 0 Å². The number of benzene rings is 1. The van der Waals surface area contributed by atoms with Crippen LogP contribution in [0.15, 0.2) is 36.4 Å². The highest BCUT2D eigenvalue weighted by Gasteiger charge is 1.99. The lowest BCUT2D eigenvalue weighted by molar-refractivity contribution is 0.109. The van der Waals surface area contributed by atoms with Crippen molar-refractivity contribution in [2.75, 3.05) is 6.61 Å². The molecule has 1 N–H and O–H groups in total. The molecule has 0 spiro atoms. The fourth-order valence-electron chi connectivity index (χ4n) is 1.62. The van der Waals surface area contributed by atoms with Crippen molar-refractivity contribution in [3.05, 3.63) is 56.7 Å². The fourth-order valence-corrected chi connectivity index (χ4v) is 2.66. The quantitative estimate of drug-likeness (QED) is 0.850. The first-order valence-electron chi connectivity index (χ1n) is 6.28. The molecule has 0 aliphatic rings. The molecule has 0 amide bonds. The standard InChI is InChI=1S/C16H15ClO2S/c17-14-5-3-4-13(10-14)11-19-12-16-8-7-15(20-16)6-1-2-9-18/h3-5,7-8,10,18H,2,9,11-12H2. The van der Waals surface area contributed by atoms with Gasteiger partial charge in [0.2, 0.25) is 0 Å². The molecule has 1 aromatic carbocycles. The van der Waals surface area contributed by atoms with E-state index in [1.165, 1.54) is 0 Å². The van der Waals surface area contributed by atoms with Crippen LogP contribution < -0.4 is 0 Å². The van der Waals surface area contributed by atoms with Crippen molar-refractivity contribution >= 4 is 22.9 Å². The van der Waals surface area contributed by atoms with Crippen molar-refractivity contribution in [3.8, 4) is 11.8 Å². The van der Waals surface area contributed by atoms with Gasteiger partial charge >= 0.3 is 0 Å². The molecule has 0 bridgehead atoms. The van der Waals surface area contributed by atoms with E-state index in [1.807, 2.05) is 36.4 Å². The Morgan fingerprint density at radius 1 is 1.20 bits per heavy atom. The first kappa shape index (κ1) is 15.1. The fraction of sp³-hybridized carbons (Fsp3) is 0.250. The maximum absolute atomic E-state index is 8.66. The minimum absolute atomic E-state index is 0.105. The first-order chi connectivity index (χ1) is 9.78. The second-order valence-electron chi connectivity index (χ2n) is 4.16. The van der Waals surface area contributed by atoms with Gasteiger partial charge < -0.3 is 9.84 Å². The van der Waals surface area contributed by atoms with Gasteiger partial charge in [-0.3, -0.25) is 0 Å². The highest BCUT2D eigenvalue weighted by Crippen LogP contribution is 2.18. The molecule has 0 unspecified atom stereocenters. The average molecular weight is 307 g/mol. The number of halogens is 1. The van der Waals surface area contributed by atoms with Gasteiger partial charge in [-0.05, 0) is 29.8 Å². The van der Waals surface area contributed by atoms with Crippen molar-refractivity contribution in [2.24, 2.45) is 0 Å². The predicted molar refractivity (Wildman–Crippen MR) is 82.8 cm³/mol. The summed E-state index contributed by atoms with van der Waals surface area (Å²) in [6.45, 7) is 1.22. The van der Waals surface area contributed by atoms with E-state index in [9.17, 15) is 0 Å². The zero-order valence-corrected chi connectivity index (χ0v) is 12.5. The second-order valence-corrected chi connectivity index (χ2v) is 5.77. The number of aliphatic hydroxyl groups excluding tert-OH is 1. The van der Waals surface area contributed by atoms with Crippen molar-refractivity contribution in [1.82, 2.24) is 0 Å². The van der Waals surface area contributed by atoms with E-state index in [0.29, 0.717) is 19.6 Å². The Hall–Kier alpha value is -1.31. The Bertz CT molecular complexity index is 610. The van der Waals surface area contributed by atoms with Crippen LogP contribution in [0.3, 0.4) is 0 Å². The lowest BCUT2D eigenvalue weighted by atomic mass is 10.2. The van der Waals surface area contributed by atoms with E-state index >= 15 is 0 Å². The summed E-state index contributed by atoms with van der Waals surface area (Å²) >= 11 is 7.53. The molecule has 104 valence electrons. The van der Waals surface area contributed by atoms with Crippen molar-refractivity contribution in [2.45, 2.75) is 19.6 Å². The predicted octanol–water partition coefficient (Wildman–Crippen LogP) is 3.85. The summed E-state index contributed by atoms with van der Waals surface area (Å²) in [5, 5.41) is 9.39. The van der Waals surface area contributed by atoms with Crippen LogP contribution in [0.25, 0.3) is 0 Å². The summed E-state index contributed by atoms with van der Waals surface area (Å²) in [4.78, 5) is 2.14. The molecule has 4 heteroatoms. The topological polar surface area (TPSA) is 29.5 Å². The number of thiophene rings is 1. The highest BCUT2D eigenvalue weighted by atomic mass is 35.5. The van der Waals surface area contributed by atoms with Crippen molar-refractivity contribution < 1.29 is 9.84 Å². The van der Waals surface area contributed by atoms with E-state index in [4.69, 9.17) is 21.4 Å². The van der Waals surface area contributed by atoms with Crippen LogP contribution in [0.5, 0.6) is 0 Å². The molecule has 0 atom stereocenters. The molecule has 1 aromatic heterocycles. The Kier molecular flexibility index (Phi) is 6.10. The SMILES string of the molecule is OCCC#Cc1ccc(COCc2cccc(Cl)c2)s1. The molecule has 0 saturated heterocycles. The number of hydrogen-bond acceptors (Lipinski definition) is 3. The molecule has 0 aliphatic heterocycles. The van der Waals surface area contributed by atoms with Gasteiger partial charge in [-0.2, -0.15) is 0 Å². The van der Waals surface area contributed by atoms with E-state index in [0.717, 1.165) is 20.3 Å². The average Bonchev–Trinajstić information content (AvgIpc) is 2.87. The van der Waals surface area contributed by atoms with Gasteiger partial charge in [-0.1, -0.05) is 35.6 Å². The van der Waals surface area contributed by atoms with Crippen LogP contribution in [0.1, 0.15) is 21.7 Å². The largest absolute Gasteiger partial charge is 0.395 e. The summed E-state index contributed by atoms with van der Waals surface area (Å²) in [5.74, 6) is 5.92. The molecule has 0 radical (unpaired) electrons. The van der Waals surface area contributed by atoms with Gasteiger partial charge in [0, 0.05) is 16.3 Å². The van der Waals surface area contributed by atoms with Crippen molar-refractivity contribution in [3.63, 3.8) is 0 Å². The molecule has 20 heavy (non-hydrogen) atoms.